The number of amides is 1. The molecule has 4 heteroatoms. The van der Waals surface area contributed by atoms with Gasteiger partial charge in [-0.2, -0.15) is 0 Å². The van der Waals surface area contributed by atoms with E-state index in [9.17, 15) is 4.79 Å². The van der Waals surface area contributed by atoms with Gasteiger partial charge in [-0.25, -0.2) is 4.79 Å². The highest BCUT2D eigenvalue weighted by Gasteiger charge is 2.42. The summed E-state index contributed by atoms with van der Waals surface area (Å²) in [7, 11) is 1.89. The number of carbonyl (C=O) groups is 1. The average Bonchev–Trinajstić information content (AvgIpc) is 3.36. The van der Waals surface area contributed by atoms with Crippen LogP contribution in [0.3, 0.4) is 0 Å². The largest absolute Gasteiger partial charge is 0.444 e. The number of nitrogens with one attached hydrogen (secondary N) is 1. The Balaban J connectivity index is 1.43. The lowest BCUT2D eigenvalue weighted by atomic mass is 9.89. The van der Waals surface area contributed by atoms with Crippen LogP contribution < -0.4 is 5.32 Å². The molecule has 0 aromatic carbocycles. The molecule has 3 fully saturated rings. The first-order valence-electron chi connectivity index (χ1n) is 9.55. The molecule has 0 bridgehead atoms. The number of nitrogens with zero attached hydrogens (tertiary/aromatic N) is 1. The third-order valence-corrected chi connectivity index (χ3v) is 5.61. The van der Waals surface area contributed by atoms with Crippen LogP contribution >= 0.6 is 0 Å². The summed E-state index contributed by atoms with van der Waals surface area (Å²) in [5.74, 6) is 1.93. The topological polar surface area (TPSA) is 41.6 Å². The third-order valence-electron chi connectivity index (χ3n) is 5.61. The lowest BCUT2D eigenvalue weighted by Crippen LogP contribution is -2.47. The van der Waals surface area contributed by atoms with E-state index >= 15 is 0 Å². The van der Waals surface area contributed by atoms with Crippen LogP contribution in [-0.2, 0) is 4.74 Å². The Kier molecular flexibility index (Phi) is 4.91. The Hall–Kier alpha value is -0.770. The molecule has 23 heavy (non-hydrogen) atoms. The third kappa shape index (κ3) is 4.85. The van der Waals surface area contributed by atoms with Crippen molar-refractivity contribution < 1.29 is 9.53 Å². The lowest BCUT2D eigenvalue weighted by Gasteiger charge is -2.37. The first-order chi connectivity index (χ1) is 10.8. The van der Waals surface area contributed by atoms with E-state index in [0.29, 0.717) is 12.1 Å². The van der Waals surface area contributed by atoms with Crippen LogP contribution in [0.2, 0.25) is 0 Å². The van der Waals surface area contributed by atoms with Gasteiger partial charge < -0.3 is 15.0 Å². The van der Waals surface area contributed by atoms with Crippen molar-refractivity contribution >= 4 is 6.09 Å². The van der Waals surface area contributed by atoms with Crippen molar-refractivity contribution in [1.29, 1.82) is 0 Å². The van der Waals surface area contributed by atoms with Gasteiger partial charge in [-0.15, -0.1) is 0 Å². The van der Waals surface area contributed by atoms with Gasteiger partial charge in [0.05, 0.1) is 0 Å². The molecule has 1 N–H and O–H groups in total. The minimum Gasteiger partial charge on any atom is -0.444 e. The lowest BCUT2D eigenvalue weighted by molar-refractivity contribution is 0.0177. The normalized spacial score (nSPS) is 28.7. The molecule has 0 aliphatic heterocycles. The van der Waals surface area contributed by atoms with E-state index < -0.39 is 5.60 Å². The molecule has 3 rings (SSSR count). The number of hydrogen-bond acceptors (Lipinski definition) is 3. The summed E-state index contributed by atoms with van der Waals surface area (Å²) in [5, 5.41) is 3.97. The van der Waals surface area contributed by atoms with E-state index in [1.807, 2.05) is 32.7 Å². The van der Waals surface area contributed by atoms with Crippen LogP contribution in [0.5, 0.6) is 0 Å². The van der Waals surface area contributed by atoms with E-state index in [1.165, 1.54) is 38.5 Å². The van der Waals surface area contributed by atoms with Crippen molar-refractivity contribution in [2.24, 2.45) is 11.8 Å². The Morgan fingerprint density at radius 3 is 1.96 bits per heavy atom. The summed E-state index contributed by atoms with van der Waals surface area (Å²) < 4.78 is 5.49. The van der Waals surface area contributed by atoms with Crippen molar-refractivity contribution in [1.82, 2.24) is 10.2 Å². The quantitative estimate of drug-likeness (QED) is 0.833. The Morgan fingerprint density at radius 2 is 1.52 bits per heavy atom. The van der Waals surface area contributed by atoms with E-state index in [4.69, 9.17) is 4.74 Å². The zero-order chi connectivity index (χ0) is 16.6. The molecule has 0 unspecified atom stereocenters. The zero-order valence-electron chi connectivity index (χ0n) is 15.3. The standard InChI is InChI=1S/C19H34N2O2/c1-19(2,3)23-18(22)21(4)16-11-9-15(10-12-16)20-17(13-5-6-13)14-7-8-14/h13-17,20H,5-12H2,1-4H3. The van der Waals surface area contributed by atoms with Gasteiger partial charge in [0.1, 0.15) is 5.60 Å². The van der Waals surface area contributed by atoms with Gasteiger partial charge in [-0.3, -0.25) is 0 Å². The van der Waals surface area contributed by atoms with E-state index in [-0.39, 0.29) is 6.09 Å². The maximum atomic E-state index is 12.2. The molecule has 0 spiro atoms. The highest BCUT2D eigenvalue weighted by Crippen LogP contribution is 2.45. The van der Waals surface area contributed by atoms with E-state index in [2.05, 4.69) is 5.32 Å². The number of carbonyl (C=O) groups excluding carboxylic acids is 1. The molecule has 3 aliphatic carbocycles. The van der Waals surface area contributed by atoms with Gasteiger partial charge in [-0.05, 0) is 84.0 Å². The minimum atomic E-state index is -0.411. The molecule has 132 valence electrons. The fourth-order valence-corrected chi connectivity index (χ4v) is 3.95. The summed E-state index contributed by atoms with van der Waals surface area (Å²) in [6, 6.07) is 1.79. The second-order valence-corrected chi connectivity index (χ2v) is 8.96. The number of hydrogen-bond donors (Lipinski definition) is 1. The van der Waals surface area contributed by atoms with Crippen molar-refractivity contribution in [3.05, 3.63) is 0 Å². The minimum absolute atomic E-state index is 0.178. The Morgan fingerprint density at radius 1 is 1.00 bits per heavy atom. The van der Waals surface area contributed by atoms with Crippen LogP contribution in [0.4, 0.5) is 4.79 Å². The molecule has 0 heterocycles. The average molecular weight is 322 g/mol. The fraction of sp³-hybridized carbons (Fsp3) is 0.947. The van der Waals surface area contributed by atoms with Gasteiger partial charge in [0.25, 0.3) is 0 Å². The summed E-state index contributed by atoms with van der Waals surface area (Å²) in [5.41, 5.74) is -0.411. The molecule has 1 amide bonds. The van der Waals surface area contributed by atoms with Crippen molar-refractivity contribution in [3.8, 4) is 0 Å². The van der Waals surface area contributed by atoms with Crippen LogP contribution in [-0.4, -0.2) is 41.8 Å². The molecule has 0 radical (unpaired) electrons. The van der Waals surface area contributed by atoms with Gasteiger partial charge in [0.2, 0.25) is 0 Å². The summed E-state index contributed by atoms with van der Waals surface area (Å²) in [4.78, 5) is 14.0. The van der Waals surface area contributed by atoms with Crippen molar-refractivity contribution in [3.63, 3.8) is 0 Å². The molecular weight excluding hydrogens is 288 g/mol. The second-order valence-electron chi connectivity index (χ2n) is 8.96. The van der Waals surface area contributed by atoms with Crippen molar-refractivity contribution in [2.75, 3.05) is 7.05 Å². The summed E-state index contributed by atoms with van der Waals surface area (Å²) in [6.07, 6.45) is 10.1. The maximum absolute atomic E-state index is 12.2. The monoisotopic (exact) mass is 322 g/mol. The molecule has 0 saturated heterocycles. The molecule has 3 saturated carbocycles. The van der Waals surface area contributed by atoms with E-state index in [1.54, 1.807) is 0 Å². The predicted molar refractivity (Wildman–Crippen MR) is 92.4 cm³/mol. The van der Waals surface area contributed by atoms with E-state index in [0.717, 1.165) is 30.7 Å². The summed E-state index contributed by atoms with van der Waals surface area (Å²) in [6.45, 7) is 5.78. The second kappa shape index (κ2) is 6.62. The first-order valence-corrected chi connectivity index (χ1v) is 9.55. The molecule has 3 aliphatic rings. The highest BCUT2D eigenvalue weighted by atomic mass is 16.6. The van der Waals surface area contributed by atoms with Gasteiger partial charge in [0, 0.05) is 25.2 Å². The molecule has 0 atom stereocenters. The van der Waals surface area contributed by atoms with Crippen LogP contribution in [0.15, 0.2) is 0 Å². The zero-order valence-corrected chi connectivity index (χ0v) is 15.3. The van der Waals surface area contributed by atoms with Crippen LogP contribution in [0, 0.1) is 11.8 Å². The van der Waals surface area contributed by atoms with Crippen LogP contribution in [0.1, 0.15) is 72.1 Å². The Bertz CT molecular complexity index is 404. The van der Waals surface area contributed by atoms with Gasteiger partial charge in [-0.1, -0.05) is 0 Å². The first kappa shape index (κ1) is 17.1. The molecule has 0 aromatic heterocycles. The Labute approximate surface area is 141 Å². The maximum Gasteiger partial charge on any atom is 0.410 e. The predicted octanol–water partition coefficient (Wildman–Crippen LogP) is 3.94. The van der Waals surface area contributed by atoms with Gasteiger partial charge >= 0.3 is 6.09 Å². The summed E-state index contributed by atoms with van der Waals surface area (Å²) >= 11 is 0. The SMILES string of the molecule is CN(C(=O)OC(C)(C)C)C1CCC(NC(C2CC2)C2CC2)CC1. The fourth-order valence-electron chi connectivity index (χ4n) is 3.95. The van der Waals surface area contributed by atoms with Crippen LogP contribution in [0.25, 0.3) is 0 Å². The van der Waals surface area contributed by atoms with Crippen molar-refractivity contribution in [2.45, 2.75) is 95.9 Å². The molecular formula is C19H34N2O2. The smallest absolute Gasteiger partial charge is 0.410 e. The number of rotatable bonds is 5. The highest BCUT2D eigenvalue weighted by molar-refractivity contribution is 5.68. The molecule has 0 aromatic rings. The number of ether oxygens (including phenoxy) is 1. The van der Waals surface area contributed by atoms with Gasteiger partial charge in [0.15, 0.2) is 0 Å². The molecule has 4 nitrogen and oxygen atoms in total.